The molecule has 14 nitrogen and oxygen atoms in total. The Hall–Kier alpha value is -4.84. The molecule has 15 heteroatoms. The Morgan fingerprint density at radius 2 is 1.09 bits per heavy atom. The van der Waals surface area contributed by atoms with E-state index < -0.39 is 35.7 Å². The van der Waals surface area contributed by atoms with E-state index in [4.69, 9.17) is 57.0 Å². The molecule has 1 atom stereocenters. The van der Waals surface area contributed by atoms with Crippen LogP contribution in [0.25, 0.3) is 11.1 Å². The number of benzene rings is 4. The largest absolute Gasteiger partial charge is 0.494 e. The molecule has 0 N–H and O–H groups in total. The minimum absolute atomic E-state index is 0.102. The summed E-state index contributed by atoms with van der Waals surface area (Å²) in [5.74, 6) is -0.666. The van der Waals surface area contributed by atoms with Gasteiger partial charge in [-0.25, -0.2) is 9.59 Å². The molecule has 0 saturated carbocycles. The summed E-state index contributed by atoms with van der Waals surface area (Å²) in [4.78, 5) is 39.3. The summed E-state index contributed by atoms with van der Waals surface area (Å²) < 4.78 is 58.0. The molecule has 0 bridgehead atoms. The van der Waals surface area contributed by atoms with Crippen LogP contribution in [0.5, 0.6) is 11.5 Å². The van der Waals surface area contributed by atoms with Gasteiger partial charge in [0, 0.05) is 13.7 Å². The zero-order valence-corrected chi connectivity index (χ0v) is 39.7. The SMILES string of the molecule is CCCOCCOCCOOc1ccc(C2(c3ccc(OCCOCCOCCOC)c(C(=O)OCC)c3)c3ccccc3-c3ccc(B4OC(C)(C)C(C)(C)O4)cc32)cc1C(=O)OCC. The average Bonchev–Trinajstić information content (AvgIpc) is 3.73. The molecule has 0 amide bonds. The number of esters is 2. The van der Waals surface area contributed by atoms with Crippen molar-refractivity contribution < 1.29 is 66.6 Å². The third-order valence-corrected chi connectivity index (χ3v) is 11.9. The van der Waals surface area contributed by atoms with Gasteiger partial charge >= 0.3 is 19.1 Å². The van der Waals surface area contributed by atoms with Gasteiger partial charge in [0.05, 0.1) is 82.7 Å². The van der Waals surface area contributed by atoms with Gasteiger partial charge in [0.25, 0.3) is 0 Å². The lowest BCUT2D eigenvalue weighted by Crippen LogP contribution is -2.41. The fraction of sp³-hybridized carbons (Fsp3) is 0.490. The lowest BCUT2D eigenvalue weighted by Gasteiger charge is -2.35. The predicted molar refractivity (Wildman–Crippen MR) is 249 cm³/mol. The van der Waals surface area contributed by atoms with Gasteiger partial charge in [-0.2, -0.15) is 4.89 Å². The van der Waals surface area contributed by atoms with Crippen LogP contribution < -0.4 is 15.1 Å². The molecule has 1 aliphatic heterocycles. The highest BCUT2D eigenvalue weighted by atomic mass is 17.2. The first kappa shape index (κ1) is 50.6. The van der Waals surface area contributed by atoms with Crippen molar-refractivity contribution in [1.29, 1.82) is 0 Å². The van der Waals surface area contributed by atoms with Crippen LogP contribution in [-0.2, 0) is 52.8 Å². The van der Waals surface area contributed by atoms with E-state index in [0.29, 0.717) is 63.1 Å². The van der Waals surface area contributed by atoms with Crippen LogP contribution >= 0.6 is 0 Å². The molecule has 1 saturated heterocycles. The first-order chi connectivity index (χ1) is 31.9. The maximum atomic E-state index is 14.0. The van der Waals surface area contributed by atoms with Gasteiger partial charge in [-0.1, -0.05) is 61.5 Å². The highest BCUT2D eigenvalue weighted by Gasteiger charge is 2.53. The Bertz CT molecular complexity index is 2120. The third kappa shape index (κ3) is 11.5. The molecule has 1 heterocycles. The number of carbonyl (C=O) groups excluding carboxylic acids is 2. The first-order valence-electron chi connectivity index (χ1n) is 22.9. The zero-order chi connectivity index (χ0) is 47.2. The molecule has 0 spiro atoms. The van der Waals surface area contributed by atoms with E-state index in [1.807, 2.05) is 71.0 Å². The Morgan fingerprint density at radius 3 is 1.70 bits per heavy atom. The molecule has 0 aromatic heterocycles. The van der Waals surface area contributed by atoms with Crippen LogP contribution in [0.3, 0.4) is 0 Å². The van der Waals surface area contributed by atoms with Crippen molar-refractivity contribution in [1.82, 2.24) is 0 Å². The second-order valence-corrected chi connectivity index (χ2v) is 16.7. The summed E-state index contributed by atoms with van der Waals surface area (Å²) >= 11 is 0. The van der Waals surface area contributed by atoms with E-state index >= 15 is 0 Å². The molecule has 4 aromatic carbocycles. The monoisotopic (exact) mass is 912 g/mol. The quantitative estimate of drug-likeness (QED) is 0.0168. The molecule has 1 aliphatic carbocycles. The van der Waals surface area contributed by atoms with Crippen LogP contribution in [0, 0.1) is 0 Å². The smallest absolute Gasteiger partial charge is 0.490 e. The number of hydrogen-bond donors (Lipinski definition) is 0. The van der Waals surface area contributed by atoms with Crippen molar-refractivity contribution in [3.8, 4) is 22.6 Å². The second-order valence-electron chi connectivity index (χ2n) is 16.7. The Labute approximate surface area is 389 Å². The van der Waals surface area contributed by atoms with Gasteiger partial charge in [0.1, 0.15) is 30.1 Å². The first-order valence-corrected chi connectivity index (χ1v) is 22.9. The van der Waals surface area contributed by atoms with Crippen molar-refractivity contribution in [2.75, 3.05) is 93.0 Å². The Kier molecular flexibility index (Phi) is 18.2. The summed E-state index contributed by atoms with van der Waals surface area (Å²) in [6.45, 7) is 18.0. The second kappa shape index (κ2) is 23.8. The zero-order valence-electron chi connectivity index (χ0n) is 39.7. The lowest BCUT2D eigenvalue weighted by atomic mass is 9.65. The lowest BCUT2D eigenvalue weighted by molar-refractivity contribution is -0.215. The average molecular weight is 913 g/mol. The molecule has 1 unspecified atom stereocenters. The van der Waals surface area contributed by atoms with Crippen LogP contribution in [0.15, 0.2) is 78.9 Å². The summed E-state index contributed by atoms with van der Waals surface area (Å²) in [5, 5.41) is 0. The molecular weight excluding hydrogens is 847 g/mol. The molecular formula is C51H65BO14. The third-order valence-electron chi connectivity index (χ3n) is 11.9. The molecule has 66 heavy (non-hydrogen) atoms. The van der Waals surface area contributed by atoms with E-state index in [9.17, 15) is 9.59 Å². The number of hydrogen-bond acceptors (Lipinski definition) is 14. The van der Waals surface area contributed by atoms with Crippen molar-refractivity contribution in [3.05, 3.63) is 112 Å². The minimum atomic E-state index is -1.15. The highest BCUT2D eigenvalue weighted by molar-refractivity contribution is 6.62. The number of ether oxygens (including phenoxy) is 8. The van der Waals surface area contributed by atoms with Gasteiger partial charge in [-0.15, -0.1) is 0 Å². The van der Waals surface area contributed by atoms with E-state index in [1.54, 1.807) is 39.2 Å². The topological polar surface area (TPSA) is 145 Å². The van der Waals surface area contributed by atoms with Gasteiger partial charge in [0.15, 0.2) is 5.75 Å². The molecule has 6 rings (SSSR count). The number of carbonyl (C=O) groups is 2. The molecule has 356 valence electrons. The Balaban J connectivity index is 1.46. The molecule has 0 radical (unpaired) electrons. The standard InChI is InChI=1S/C51H65BO14/c1-9-22-56-25-26-59-30-32-63-64-46-21-17-37(34-42(46)48(54)61-11-3)51(36-16-20-45(41(33-36)47(53)60-10-2)62-31-29-58-28-27-57-24-23-55-8)43-15-13-12-14-39(43)40-19-18-38(35-44(40)51)52-65-49(4,5)50(6,7)66-52/h12-21,33-35H,9-11,22-32H2,1-8H3. The number of rotatable bonds is 27. The highest BCUT2D eigenvalue weighted by Crippen LogP contribution is 2.57. The summed E-state index contributed by atoms with van der Waals surface area (Å²) in [7, 11) is 0.943. The van der Waals surface area contributed by atoms with E-state index in [0.717, 1.165) is 34.1 Å². The maximum absolute atomic E-state index is 14.0. The summed E-state index contributed by atoms with van der Waals surface area (Å²) in [6.07, 6.45) is 0.932. The maximum Gasteiger partial charge on any atom is 0.494 e. The van der Waals surface area contributed by atoms with Gasteiger partial charge < -0.3 is 52.1 Å². The van der Waals surface area contributed by atoms with Gasteiger partial charge in [-0.05, 0) is 111 Å². The molecule has 4 aromatic rings. The van der Waals surface area contributed by atoms with Gasteiger partial charge in [-0.3, -0.25) is 0 Å². The van der Waals surface area contributed by atoms with Crippen molar-refractivity contribution in [2.24, 2.45) is 0 Å². The summed E-state index contributed by atoms with van der Waals surface area (Å²) in [6, 6.07) is 25.3. The van der Waals surface area contributed by atoms with Crippen LogP contribution in [0.1, 0.15) is 97.9 Å². The molecule has 1 fully saturated rings. The van der Waals surface area contributed by atoms with E-state index in [-0.39, 0.29) is 56.5 Å². The van der Waals surface area contributed by atoms with Crippen LogP contribution in [0.4, 0.5) is 0 Å². The number of methoxy groups -OCH3 is 1. The predicted octanol–water partition coefficient (Wildman–Crippen LogP) is 7.51. The van der Waals surface area contributed by atoms with E-state index in [2.05, 4.69) is 24.3 Å². The Morgan fingerprint density at radius 1 is 0.561 bits per heavy atom. The fourth-order valence-electron chi connectivity index (χ4n) is 8.01. The summed E-state index contributed by atoms with van der Waals surface area (Å²) in [5.41, 5.74) is 3.95. The molecule has 2 aliphatic rings. The van der Waals surface area contributed by atoms with Crippen molar-refractivity contribution in [3.63, 3.8) is 0 Å². The minimum Gasteiger partial charge on any atom is -0.490 e. The van der Waals surface area contributed by atoms with Crippen LogP contribution in [-0.4, -0.2) is 123 Å². The van der Waals surface area contributed by atoms with Gasteiger partial charge in [0.2, 0.25) is 0 Å². The number of fused-ring (bicyclic) bond motifs is 3. The van der Waals surface area contributed by atoms with Crippen molar-refractivity contribution in [2.45, 2.75) is 71.5 Å². The fourth-order valence-corrected chi connectivity index (χ4v) is 8.01. The normalized spacial score (nSPS) is 16.8. The van der Waals surface area contributed by atoms with Crippen molar-refractivity contribution >= 4 is 24.5 Å². The van der Waals surface area contributed by atoms with E-state index in [1.165, 1.54) is 0 Å². The van der Waals surface area contributed by atoms with Crippen LogP contribution in [0.2, 0.25) is 0 Å².